The van der Waals surface area contributed by atoms with E-state index in [2.05, 4.69) is 0 Å². The Morgan fingerprint density at radius 1 is 1.04 bits per heavy atom. The Hall–Kier alpha value is -3.12. The van der Waals surface area contributed by atoms with Gasteiger partial charge in [0.2, 0.25) is 0 Å². The largest absolute Gasteiger partial charge is 0.465 e. The molecule has 3 rings (SSSR count). The molecule has 7 heteroatoms. The van der Waals surface area contributed by atoms with E-state index >= 15 is 0 Å². The van der Waals surface area contributed by atoms with Crippen molar-refractivity contribution in [3.63, 3.8) is 0 Å². The van der Waals surface area contributed by atoms with Gasteiger partial charge in [0, 0.05) is 42.7 Å². The van der Waals surface area contributed by atoms with Crippen molar-refractivity contribution < 1.29 is 19.1 Å². The number of ketones is 1. The normalized spacial score (nSPS) is 10.7. The zero-order valence-electron chi connectivity index (χ0n) is 15.7. The number of carbonyl (C=O) groups excluding carboxylic acids is 3. The summed E-state index contributed by atoms with van der Waals surface area (Å²) in [6, 6.07) is 11.5. The molecule has 6 nitrogen and oxygen atoms in total. The Morgan fingerprint density at radius 3 is 2.29 bits per heavy atom. The van der Waals surface area contributed by atoms with Gasteiger partial charge < -0.3 is 9.64 Å². The van der Waals surface area contributed by atoms with Gasteiger partial charge in [-0.05, 0) is 17.7 Å². The molecule has 0 atom stereocenters. The van der Waals surface area contributed by atoms with Crippen molar-refractivity contribution >= 4 is 40.3 Å². The second-order valence-electron chi connectivity index (χ2n) is 6.44. The highest BCUT2D eigenvalue weighted by molar-refractivity contribution is 6.21. The first-order chi connectivity index (χ1) is 13.4. The number of nitrogens with zero attached hydrogens (tertiary/aromatic N) is 2. The van der Waals surface area contributed by atoms with Crippen LogP contribution in [0.5, 0.6) is 0 Å². The summed E-state index contributed by atoms with van der Waals surface area (Å²) < 4.78 is 6.23. The molecule has 0 aliphatic heterocycles. The van der Waals surface area contributed by atoms with Gasteiger partial charge in [0.1, 0.15) is 0 Å². The van der Waals surface area contributed by atoms with Crippen LogP contribution in [0.2, 0.25) is 0 Å². The third-order valence-electron chi connectivity index (χ3n) is 4.44. The molecule has 28 heavy (non-hydrogen) atoms. The maximum atomic E-state index is 13.2. The summed E-state index contributed by atoms with van der Waals surface area (Å²) in [6.07, 6.45) is 1.47. The first-order valence-electron chi connectivity index (χ1n) is 8.52. The summed E-state index contributed by atoms with van der Waals surface area (Å²) in [5.74, 6) is -0.530. The summed E-state index contributed by atoms with van der Waals surface area (Å²) in [4.78, 5) is 39.5. The molecule has 3 aromatic rings. The fraction of sp³-hybridized carbons (Fsp3) is 0.190. The monoisotopic (exact) mass is 398 g/mol. The molecule has 0 radical (unpaired) electrons. The lowest BCUT2D eigenvalue weighted by molar-refractivity contribution is 0.0603. The molecular formula is C21H19ClN2O4. The first kappa shape index (κ1) is 19.6. The minimum Gasteiger partial charge on any atom is -0.465 e. The second kappa shape index (κ2) is 7.86. The van der Waals surface area contributed by atoms with Crippen molar-refractivity contribution in [2.24, 2.45) is 0 Å². The van der Waals surface area contributed by atoms with Crippen LogP contribution in [-0.4, -0.2) is 48.5 Å². The van der Waals surface area contributed by atoms with Gasteiger partial charge in [-0.1, -0.05) is 30.3 Å². The predicted octanol–water partition coefficient (Wildman–Crippen LogP) is 3.93. The van der Waals surface area contributed by atoms with Gasteiger partial charge >= 0.3 is 12.0 Å². The molecule has 0 N–H and O–H groups in total. The van der Waals surface area contributed by atoms with Crippen LogP contribution in [0.25, 0.3) is 10.9 Å². The molecular weight excluding hydrogens is 380 g/mol. The molecule has 1 amide bonds. The van der Waals surface area contributed by atoms with E-state index in [1.807, 2.05) is 0 Å². The molecule has 0 aliphatic rings. The molecule has 0 aliphatic carbocycles. The zero-order valence-corrected chi connectivity index (χ0v) is 16.5. The quantitative estimate of drug-likeness (QED) is 0.379. The highest BCUT2D eigenvalue weighted by atomic mass is 35.5. The van der Waals surface area contributed by atoms with Crippen molar-refractivity contribution in [2.75, 3.05) is 21.2 Å². The number of halogens is 1. The van der Waals surface area contributed by atoms with Crippen molar-refractivity contribution in [2.45, 2.75) is 5.88 Å². The summed E-state index contributed by atoms with van der Waals surface area (Å²) in [5.41, 5.74) is 2.27. The van der Waals surface area contributed by atoms with E-state index in [4.69, 9.17) is 16.3 Å². The molecule has 2 aromatic carbocycles. The van der Waals surface area contributed by atoms with Crippen molar-refractivity contribution in [1.82, 2.24) is 9.47 Å². The average Bonchev–Trinajstić information content (AvgIpc) is 3.11. The molecule has 0 spiro atoms. The number of benzene rings is 2. The van der Waals surface area contributed by atoms with E-state index in [0.29, 0.717) is 22.3 Å². The topological polar surface area (TPSA) is 68.6 Å². The van der Waals surface area contributed by atoms with Gasteiger partial charge in [-0.3, -0.25) is 9.36 Å². The van der Waals surface area contributed by atoms with Crippen LogP contribution < -0.4 is 0 Å². The number of hydrogen-bond acceptors (Lipinski definition) is 4. The number of rotatable bonds is 4. The van der Waals surface area contributed by atoms with Crippen LogP contribution in [0.4, 0.5) is 4.79 Å². The molecule has 1 heterocycles. The number of amides is 1. The lowest BCUT2D eigenvalue weighted by atomic mass is 9.99. The van der Waals surface area contributed by atoms with Crippen molar-refractivity contribution in [3.05, 3.63) is 70.9 Å². The molecule has 144 valence electrons. The van der Waals surface area contributed by atoms with Crippen LogP contribution in [0.1, 0.15) is 31.8 Å². The number of carbonyl (C=O) groups is 3. The van der Waals surface area contributed by atoms with Crippen LogP contribution in [0.15, 0.2) is 48.7 Å². The number of methoxy groups -OCH3 is 1. The van der Waals surface area contributed by atoms with Gasteiger partial charge in [-0.25, -0.2) is 9.59 Å². The lowest BCUT2D eigenvalue weighted by Crippen LogP contribution is -2.26. The smallest absolute Gasteiger partial charge is 0.338 e. The first-order valence-corrected chi connectivity index (χ1v) is 9.06. The lowest BCUT2D eigenvalue weighted by Gasteiger charge is -2.11. The maximum Gasteiger partial charge on any atom is 0.338 e. The van der Waals surface area contributed by atoms with Gasteiger partial charge in [0.25, 0.3) is 0 Å². The molecule has 0 unspecified atom stereocenters. The zero-order chi connectivity index (χ0) is 20.4. The molecule has 1 aromatic heterocycles. The molecule has 0 saturated heterocycles. The van der Waals surface area contributed by atoms with E-state index in [9.17, 15) is 14.4 Å². The van der Waals surface area contributed by atoms with E-state index in [1.54, 1.807) is 56.6 Å². The summed E-state index contributed by atoms with van der Waals surface area (Å²) >= 11 is 5.81. The van der Waals surface area contributed by atoms with Gasteiger partial charge in [0.05, 0.1) is 18.2 Å². The minimum absolute atomic E-state index is 0.228. The second-order valence-corrected chi connectivity index (χ2v) is 6.71. The minimum atomic E-state index is -0.577. The van der Waals surface area contributed by atoms with E-state index in [-0.39, 0.29) is 22.9 Å². The molecule has 0 bridgehead atoms. The standard InChI is InChI=1S/C21H19ClN2O4/c1-23(2)21(27)24-12-16(19(25)14-9-7-13(11-22)8-10-14)18-15(20(26)28-3)5-4-6-17(18)24/h4-10,12H,11H2,1-3H3. The van der Waals surface area contributed by atoms with Crippen molar-refractivity contribution in [1.29, 1.82) is 0 Å². The summed E-state index contributed by atoms with van der Waals surface area (Å²) in [6.45, 7) is 0. The van der Waals surface area contributed by atoms with E-state index in [1.165, 1.54) is 22.8 Å². The van der Waals surface area contributed by atoms with E-state index < -0.39 is 5.97 Å². The van der Waals surface area contributed by atoms with Crippen molar-refractivity contribution in [3.8, 4) is 0 Å². The Labute approximate surface area is 167 Å². The van der Waals surface area contributed by atoms with Gasteiger partial charge in [-0.15, -0.1) is 11.6 Å². The number of esters is 1. The Kier molecular flexibility index (Phi) is 5.51. The summed E-state index contributed by atoms with van der Waals surface area (Å²) in [7, 11) is 4.50. The Balaban J connectivity index is 2.26. The maximum absolute atomic E-state index is 13.2. The number of ether oxygens (including phenoxy) is 1. The fourth-order valence-corrected chi connectivity index (χ4v) is 3.19. The highest BCUT2D eigenvalue weighted by Gasteiger charge is 2.24. The van der Waals surface area contributed by atoms with Gasteiger partial charge in [0.15, 0.2) is 5.78 Å². The average molecular weight is 399 g/mol. The van der Waals surface area contributed by atoms with E-state index in [0.717, 1.165) is 5.56 Å². The molecule has 0 fully saturated rings. The predicted molar refractivity (Wildman–Crippen MR) is 107 cm³/mol. The molecule has 0 saturated carbocycles. The third kappa shape index (κ3) is 3.39. The summed E-state index contributed by atoms with van der Waals surface area (Å²) in [5, 5.41) is 0.385. The van der Waals surface area contributed by atoms with Crippen LogP contribution >= 0.6 is 11.6 Å². The number of hydrogen-bond donors (Lipinski definition) is 0. The third-order valence-corrected chi connectivity index (χ3v) is 4.75. The fourth-order valence-electron chi connectivity index (χ4n) is 3.01. The number of fused-ring (bicyclic) bond motifs is 1. The van der Waals surface area contributed by atoms with Crippen LogP contribution in [-0.2, 0) is 10.6 Å². The number of aromatic nitrogens is 1. The van der Waals surface area contributed by atoms with Crippen LogP contribution in [0.3, 0.4) is 0 Å². The Bertz CT molecular complexity index is 1070. The Morgan fingerprint density at radius 2 is 1.71 bits per heavy atom. The highest BCUT2D eigenvalue weighted by Crippen LogP contribution is 2.28. The SMILES string of the molecule is COC(=O)c1cccc2c1c(C(=O)c1ccc(CCl)cc1)cn2C(=O)N(C)C. The number of alkyl halides is 1. The van der Waals surface area contributed by atoms with Gasteiger partial charge in [-0.2, -0.15) is 0 Å². The van der Waals surface area contributed by atoms with Crippen LogP contribution in [0, 0.1) is 0 Å².